The molecule has 0 atom stereocenters. The Morgan fingerprint density at radius 1 is 1.36 bits per heavy atom. The number of fused-ring (bicyclic) bond motifs is 2. The van der Waals surface area contributed by atoms with Gasteiger partial charge in [-0.05, 0) is 30.0 Å². The number of nitrogens with one attached hydrogen (secondary N) is 1. The van der Waals surface area contributed by atoms with Gasteiger partial charge in [-0.1, -0.05) is 12.1 Å². The summed E-state index contributed by atoms with van der Waals surface area (Å²) in [6.45, 7) is 1.95. The molecule has 0 radical (unpaired) electrons. The van der Waals surface area contributed by atoms with Crippen LogP contribution in [0.25, 0.3) is 0 Å². The van der Waals surface area contributed by atoms with Gasteiger partial charge in [-0.25, -0.2) is 0 Å². The molecule has 0 amide bonds. The summed E-state index contributed by atoms with van der Waals surface area (Å²) in [4.78, 5) is 0. The van der Waals surface area contributed by atoms with Gasteiger partial charge in [-0.2, -0.15) is 5.26 Å². The topological polar surface area (TPSA) is 35.8 Å². The van der Waals surface area contributed by atoms with Crippen LogP contribution < -0.4 is 5.32 Å². The van der Waals surface area contributed by atoms with E-state index in [2.05, 4.69) is 17.5 Å². The lowest BCUT2D eigenvalue weighted by molar-refractivity contribution is 0.530. The normalized spacial score (nSPS) is 21.4. The Morgan fingerprint density at radius 2 is 2.21 bits per heavy atom. The van der Waals surface area contributed by atoms with E-state index in [0.717, 1.165) is 18.7 Å². The van der Waals surface area contributed by atoms with Gasteiger partial charge in [0.1, 0.15) is 0 Å². The van der Waals surface area contributed by atoms with Crippen molar-refractivity contribution in [2.45, 2.75) is 24.8 Å². The van der Waals surface area contributed by atoms with E-state index in [9.17, 15) is 0 Å². The zero-order valence-corrected chi connectivity index (χ0v) is 8.01. The van der Waals surface area contributed by atoms with Crippen LogP contribution in [0, 0.1) is 11.3 Å². The zero-order valence-electron chi connectivity index (χ0n) is 8.01. The third kappa shape index (κ3) is 0.935. The van der Waals surface area contributed by atoms with E-state index in [-0.39, 0.29) is 0 Å². The molecule has 2 nitrogen and oxygen atoms in total. The fraction of sp³-hybridized carbons (Fsp3) is 0.417. The maximum absolute atomic E-state index is 9.01. The molecule has 1 aliphatic heterocycles. The molecule has 1 fully saturated rings. The van der Waals surface area contributed by atoms with Crippen LogP contribution in [-0.4, -0.2) is 6.54 Å². The van der Waals surface area contributed by atoms with Crippen LogP contribution in [-0.2, 0) is 12.0 Å². The number of nitrogens with zero attached hydrogens (tertiary/aromatic N) is 1. The van der Waals surface area contributed by atoms with Gasteiger partial charge in [0.2, 0.25) is 0 Å². The molecule has 3 rings (SSSR count). The number of rotatable bonds is 0. The van der Waals surface area contributed by atoms with Crippen LogP contribution in [0.3, 0.4) is 0 Å². The molecule has 0 saturated heterocycles. The molecule has 0 bridgehead atoms. The summed E-state index contributed by atoms with van der Waals surface area (Å²) in [6.07, 6.45) is 2.56. The molecule has 1 aromatic carbocycles. The minimum Gasteiger partial charge on any atom is -0.312 e. The van der Waals surface area contributed by atoms with E-state index < -0.39 is 0 Å². The van der Waals surface area contributed by atoms with Crippen LogP contribution in [0.15, 0.2) is 18.2 Å². The molecule has 0 aromatic heterocycles. The molecular formula is C12H12N2. The van der Waals surface area contributed by atoms with Crippen LogP contribution in [0.4, 0.5) is 0 Å². The second-order valence-electron chi connectivity index (χ2n) is 4.33. The molecule has 2 heteroatoms. The lowest BCUT2D eigenvalue weighted by Gasteiger charge is -2.26. The summed E-state index contributed by atoms with van der Waals surface area (Å²) in [5.41, 5.74) is 3.90. The van der Waals surface area contributed by atoms with Crippen molar-refractivity contribution in [2.75, 3.05) is 6.54 Å². The second kappa shape index (κ2) is 2.59. The summed E-state index contributed by atoms with van der Waals surface area (Å²) >= 11 is 0. The first-order chi connectivity index (χ1) is 6.86. The van der Waals surface area contributed by atoms with Crippen LogP contribution in [0.1, 0.15) is 29.5 Å². The highest BCUT2D eigenvalue weighted by Gasteiger charge is 2.47. The predicted octanol–water partition coefficient (Wildman–Crippen LogP) is 1.69. The van der Waals surface area contributed by atoms with Gasteiger partial charge in [0, 0.05) is 18.5 Å². The summed E-state index contributed by atoms with van der Waals surface area (Å²) in [5.74, 6) is 0. The van der Waals surface area contributed by atoms with Gasteiger partial charge in [0.15, 0.2) is 0 Å². The first kappa shape index (κ1) is 8.02. The first-order valence-electron chi connectivity index (χ1n) is 5.09. The maximum atomic E-state index is 9.01. The molecule has 1 heterocycles. The fourth-order valence-electron chi connectivity index (χ4n) is 2.50. The van der Waals surface area contributed by atoms with Gasteiger partial charge in [-0.3, -0.25) is 0 Å². The molecule has 14 heavy (non-hydrogen) atoms. The van der Waals surface area contributed by atoms with E-state index in [4.69, 9.17) is 5.26 Å². The molecular weight excluding hydrogens is 172 g/mol. The van der Waals surface area contributed by atoms with Gasteiger partial charge in [-0.15, -0.1) is 0 Å². The Hall–Kier alpha value is -1.33. The van der Waals surface area contributed by atoms with Crippen molar-refractivity contribution in [3.8, 4) is 6.07 Å². The van der Waals surface area contributed by atoms with E-state index >= 15 is 0 Å². The van der Waals surface area contributed by atoms with Gasteiger partial charge in [0.05, 0.1) is 11.6 Å². The van der Waals surface area contributed by atoms with E-state index in [0.29, 0.717) is 5.41 Å². The summed E-state index contributed by atoms with van der Waals surface area (Å²) < 4.78 is 0. The van der Waals surface area contributed by atoms with Crippen molar-refractivity contribution < 1.29 is 0 Å². The molecule has 1 spiro atoms. The smallest absolute Gasteiger partial charge is 0.0995 e. The lowest BCUT2D eigenvalue weighted by Crippen LogP contribution is -2.33. The van der Waals surface area contributed by atoms with E-state index in [1.165, 1.54) is 24.0 Å². The molecule has 1 aliphatic carbocycles. The molecule has 0 unspecified atom stereocenters. The highest BCUT2D eigenvalue weighted by Crippen LogP contribution is 2.50. The van der Waals surface area contributed by atoms with Gasteiger partial charge >= 0.3 is 0 Å². The van der Waals surface area contributed by atoms with E-state index in [1.807, 2.05) is 12.1 Å². The largest absolute Gasteiger partial charge is 0.312 e. The maximum Gasteiger partial charge on any atom is 0.0995 e. The average molecular weight is 184 g/mol. The number of nitriles is 1. The minimum atomic E-state index is 0.389. The van der Waals surface area contributed by atoms with Crippen LogP contribution >= 0.6 is 0 Å². The molecule has 2 aliphatic rings. The highest BCUT2D eigenvalue weighted by molar-refractivity contribution is 5.49. The Labute approximate surface area is 83.6 Å². The number of hydrogen-bond donors (Lipinski definition) is 1. The van der Waals surface area contributed by atoms with Crippen LogP contribution in [0.5, 0.6) is 0 Å². The molecule has 1 aromatic rings. The van der Waals surface area contributed by atoms with Crippen molar-refractivity contribution in [1.29, 1.82) is 5.26 Å². The van der Waals surface area contributed by atoms with Crippen molar-refractivity contribution in [3.05, 3.63) is 34.9 Å². The highest BCUT2D eigenvalue weighted by atomic mass is 14.9. The van der Waals surface area contributed by atoms with Crippen LogP contribution in [0.2, 0.25) is 0 Å². The Morgan fingerprint density at radius 3 is 2.93 bits per heavy atom. The van der Waals surface area contributed by atoms with E-state index in [1.54, 1.807) is 0 Å². The Kier molecular flexibility index (Phi) is 1.48. The summed E-state index contributed by atoms with van der Waals surface area (Å²) in [5, 5.41) is 12.4. The quantitative estimate of drug-likeness (QED) is 0.666. The molecule has 70 valence electrons. The SMILES string of the molecule is N#Cc1cccc2c1CNCC21CC1. The zero-order chi connectivity index (χ0) is 9.60. The lowest BCUT2D eigenvalue weighted by atomic mass is 9.86. The van der Waals surface area contributed by atoms with Gasteiger partial charge < -0.3 is 5.32 Å². The second-order valence-corrected chi connectivity index (χ2v) is 4.33. The number of hydrogen-bond acceptors (Lipinski definition) is 2. The third-order valence-corrected chi connectivity index (χ3v) is 3.49. The first-order valence-corrected chi connectivity index (χ1v) is 5.09. The van der Waals surface area contributed by atoms with Crippen molar-refractivity contribution in [1.82, 2.24) is 5.32 Å². The standard InChI is InChI=1S/C12H12N2/c13-6-9-2-1-3-11-10(9)7-14-8-12(11)4-5-12/h1-3,14H,4-5,7-8H2. The molecule has 1 N–H and O–H groups in total. The fourth-order valence-corrected chi connectivity index (χ4v) is 2.50. The number of benzene rings is 1. The third-order valence-electron chi connectivity index (χ3n) is 3.49. The summed E-state index contributed by atoms with van der Waals surface area (Å²) in [6, 6.07) is 8.41. The molecule has 1 saturated carbocycles. The average Bonchev–Trinajstić information content (AvgIpc) is 2.99. The Bertz CT molecular complexity index is 424. The van der Waals surface area contributed by atoms with Crippen molar-refractivity contribution in [2.24, 2.45) is 0 Å². The van der Waals surface area contributed by atoms with Crippen molar-refractivity contribution >= 4 is 0 Å². The monoisotopic (exact) mass is 184 g/mol. The van der Waals surface area contributed by atoms with Crippen molar-refractivity contribution in [3.63, 3.8) is 0 Å². The van der Waals surface area contributed by atoms with Gasteiger partial charge in [0.25, 0.3) is 0 Å². The minimum absolute atomic E-state index is 0.389. The summed E-state index contributed by atoms with van der Waals surface area (Å²) in [7, 11) is 0. The predicted molar refractivity (Wildman–Crippen MR) is 53.8 cm³/mol. The Balaban J connectivity index is 2.21.